The highest BCUT2D eigenvalue weighted by Crippen LogP contribution is 2.34. The summed E-state index contributed by atoms with van der Waals surface area (Å²) in [6.07, 6.45) is 1.18. The van der Waals surface area contributed by atoms with Crippen molar-refractivity contribution in [1.82, 2.24) is 10.2 Å². The summed E-state index contributed by atoms with van der Waals surface area (Å²) in [6.45, 7) is 0.889. The fraction of sp³-hybridized carbons (Fsp3) is 0.529. The quantitative estimate of drug-likeness (QED) is 0.838. The number of sulfone groups is 1. The van der Waals surface area contributed by atoms with Gasteiger partial charge >= 0.3 is 0 Å². The highest BCUT2D eigenvalue weighted by molar-refractivity contribution is 7.91. The number of nitrogens with zero attached hydrogens (tertiary/aromatic N) is 1. The monoisotopic (exact) mass is 384 g/mol. The molecule has 0 spiro atoms. The van der Waals surface area contributed by atoms with E-state index in [1.54, 1.807) is 29.2 Å². The zero-order valence-corrected chi connectivity index (χ0v) is 15.4. The van der Waals surface area contributed by atoms with Crippen LogP contribution in [0.15, 0.2) is 24.3 Å². The minimum absolute atomic E-state index is 0.0405. The van der Waals surface area contributed by atoms with Crippen molar-refractivity contribution in [2.45, 2.75) is 24.5 Å². The van der Waals surface area contributed by atoms with Crippen LogP contribution in [0.1, 0.15) is 30.1 Å². The summed E-state index contributed by atoms with van der Waals surface area (Å²) in [4.78, 5) is 25.6. The van der Waals surface area contributed by atoms with Gasteiger partial charge in [-0.15, -0.1) is 0 Å². The molecule has 0 radical (unpaired) electrons. The zero-order chi connectivity index (χ0) is 18.0. The van der Waals surface area contributed by atoms with Gasteiger partial charge in [0.25, 0.3) is 0 Å². The van der Waals surface area contributed by atoms with Gasteiger partial charge in [0.1, 0.15) is 0 Å². The van der Waals surface area contributed by atoms with Crippen LogP contribution in [0.25, 0.3) is 0 Å². The van der Waals surface area contributed by atoms with Crippen LogP contribution in [0.5, 0.6) is 0 Å². The second-order valence-corrected chi connectivity index (χ2v) is 9.24. The van der Waals surface area contributed by atoms with E-state index >= 15 is 0 Å². The molecule has 25 heavy (non-hydrogen) atoms. The topological polar surface area (TPSA) is 83.6 Å². The Morgan fingerprint density at radius 1 is 1.20 bits per heavy atom. The lowest BCUT2D eigenvalue weighted by Gasteiger charge is -2.28. The van der Waals surface area contributed by atoms with E-state index in [0.29, 0.717) is 42.9 Å². The third-order valence-corrected chi connectivity index (χ3v) is 7.37. The van der Waals surface area contributed by atoms with Crippen molar-refractivity contribution in [2.75, 3.05) is 25.4 Å². The van der Waals surface area contributed by atoms with Crippen LogP contribution in [0.4, 0.5) is 0 Å². The molecule has 1 aromatic carbocycles. The molecule has 0 saturated carbocycles. The summed E-state index contributed by atoms with van der Waals surface area (Å²) in [5.74, 6) is -0.457. The fourth-order valence-corrected chi connectivity index (χ4v) is 5.60. The Kier molecular flexibility index (Phi) is 5.34. The molecule has 2 aliphatic heterocycles. The molecule has 136 valence electrons. The second-order valence-electron chi connectivity index (χ2n) is 6.53. The van der Waals surface area contributed by atoms with Gasteiger partial charge in [0.15, 0.2) is 9.84 Å². The minimum Gasteiger partial charge on any atom is -0.355 e. The molecular weight excluding hydrogens is 364 g/mol. The number of hydrogen-bond acceptors (Lipinski definition) is 4. The Labute approximate surface area is 152 Å². The largest absolute Gasteiger partial charge is 0.355 e. The maximum Gasteiger partial charge on any atom is 0.227 e. The summed E-state index contributed by atoms with van der Waals surface area (Å²) in [5.41, 5.74) is 0.600. The van der Waals surface area contributed by atoms with Gasteiger partial charge in [0, 0.05) is 31.1 Å². The Morgan fingerprint density at radius 2 is 1.96 bits per heavy atom. The highest BCUT2D eigenvalue weighted by Gasteiger charge is 2.36. The number of amides is 2. The number of hydrogen-bond donors (Lipinski definition) is 1. The van der Waals surface area contributed by atoms with Gasteiger partial charge in [-0.25, -0.2) is 8.42 Å². The third-order valence-electron chi connectivity index (χ3n) is 4.92. The average molecular weight is 385 g/mol. The Morgan fingerprint density at radius 3 is 2.64 bits per heavy atom. The van der Waals surface area contributed by atoms with E-state index in [1.165, 1.54) is 0 Å². The van der Waals surface area contributed by atoms with Crippen molar-refractivity contribution in [3.05, 3.63) is 34.9 Å². The highest BCUT2D eigenvalue weighted by atomic mass is 35.5. The first-order chi connectivity index (χ1) is 11.9. The van der Waals surface area contributed by atoms with Gasteiger partial charge in [-0.2, -0.15) is 0 Å². The molecule has 3 rings (SSSR count). The van der Waals surface area contributed by atoms with Gasteiger partial charge < -0.3 is 10.2 Å². The lowest BCUT2D eigenvalue weighted by molar-refractivity contribution is -0.137. The van der Waals surface area contributed by atoms with Gasteiger partial charge in [-0.3, -0.25) is 9.59 Å². The van der Waals surface area contributed by atoms with Crippen molar-refractivity contribution < 1.29 is 18.0 Å². The van der Waals surface area contributed by atoms with E-state index in [-0.39, 0.29) is 30.0 Å². The average Bonchev–Trinajstić information content (AvgIpc) is 2.74. The van der Waals surface area contributed by atoms with Gasteiger partial charge in [-0.05, 0) is 24.5 Å². The first kappa shape index (κ1) is 18.2. The molecule has 2 amide bonds. The van der Waals surface area contributed by atoms with Crippen molar-refractivity contribution >= 4 is 33.3 Å². The smallest absolute Gasteiger partial charge is 0.227 e. The molecule has 0 bridgehead atoms. The molecule has 2 heterocycles. The van der Waals surface area contributed by atoms with E-state index in [2.05, 4.69) is 5.32 Å². The van der Waals surface area contributed by atoms with Crippen LogP contribution in [-0.2, 0) is 19.4 Å². The zero-order valence-electron chi connectivity index (χ0n) is 13.8. The Balaban J connectivity index is 1.75. The molecule has 2 atom stereocenters. The second kappa shape index (κ2) is 7.33. The molecule has 0 aromatic heterocycles. The molecule has 2 unspecified atom stereocenters. The van der Waals surface area contributed by atoms with Crippen molar-refractivity contribution in [3.8, 4) is 0 Å². The van der Waals surface area contributed by atoms with E-state index < -0.39 is 15.1 Å². The molecular formula is C17H21ClN2O4S. The summed E-state index contributed by atoms with van der Waals surface area (Å²) in [6, 6.07) is 6.96. The number of carbonyl (C=O) groups is 2. The van der Waals surface area contributed by atoms with Gasteiger partial charge in [0.05, 0.1) is 16.9 Å². The molecule has 0 aliphatic carbocycles. The maximum absolute atomic E-state index is 12.7. The lowest BCUT2D eigenvalue weighted by Crippen LogP contribution is -2.45. The number of rotatable bonds is 2. The van der Waals surface area contributed by atoms with Crippen LogP contribution in [0.3, 0.4) is 0 Å². The van der Waals surface area contributed by atoms with Crippen molar-refractivity contribution in [2.24, 2.45) is 5.92 Å². The van der Waals surface area contributed by atoms with E-state index in [0.717, 1.165) is 0 Å². The fourth-order valence-electron chi connectivity index (χ4n) is 3.45. The molecule has 2 aliphatic rings. The number of carbonyl (C=O) groups excluding carboxylic acids is 2. The van der Waals surface area contributed by atoms with E-state index in [4.69, 9.17) is 11.6 Å². The number of halogens is 1. The summed E-state index contributed by atoms with van der Waals surface area (Å²) in [5, 5.41) is 2.45. The molecule has 6 nitrogen and oxygen atoms in total. The van der Waals surface area contributed by atoms with Crippen LogP contribution < -0.4 is 5.32 Å². The number of nitrogens with one attached hydrogen (secondary N) is 1. The summed E-state index contributed by atoms with van der Waals surface area (Å²) < 4.78 is 25.4. The minimum atomic E-state index is -3.39. The van der Waals surface area contributed by atoms with Gasteiger partial charge in [0.2, 0.25) is 11.8 Å². The normalized spacial score (nSPS) is 26.6. The van der Waals surface area contributed by atoms with Crippen LogP contribution in [0.2, 0.25) is 5.02 Å². The lowest BCUT2D eigenvalue weighted by atomic mass is 9.97. The van der Waals surface area contributed by atoms with E-state index in [1.807, 2.05) is 0 Å². The molecule has 1 N–H and O–H groups in total. The van der Waals surface area contributed by atoms with Crippen molar-refractivity contribution in [1.29, 1.82) is 0 Å². The number of piperidine rings is 1. The Hall–Kier alpha value is -1.60. The molecule has 2 saturated heterocycles. The van der Waals surface area contributed by atoms with Crippen LogP contribution in [-0.4, -0.2) is 50.5 Å². The predicted octanol–water partition coefficient (Wildman–Crippen LogP) is 1.55. The maximum atomic E-state index is 12.7. The first-order valence-corrected chi connectivity index (χ1v) is 10.5. The molecule has 2 fully saturated rings. The van der Waals surface area contributed by atoms with Crippen LogP contribution in [0, 0.1) is 5.92 Å². The van der Waals surface area contributed by atoms with Crippen molar-refractivity contribution in [3.63, 3.8) is 0 Å². The standard InChI is InChI=1S/C17H21ClN2O4S/c18-14-4-2-1-3-13(14)15-7-8-20(9-10-25(15,23)24)17(22)12-5-6-16(21)19-11-12/h1-4,12,15H,5-11H2,(H,19,21). The molecule has 8 heteroatoms. The van der Waals surface area contributed by atoms with Gasteiger partial charge in [-0.1, -0.05) is 29.8 Å². The van der Waals surface area contributed by atoms with E-state index in [9.17, 15) is 18.0 Å². The number of benzene rings is 1. The summed E-state index contributed by atoms with van der Waals surface area (Å²) >= 11 is 6.19. The first-order valence-electron chi connectivity index (χ1n) is 8.40. The predicted molar refractivity (Wildman–Crippen MR) is 94.9 cm³/mol. The summed E-state index contributed by atoms with van der Waals surface area (Å²) in [7, 11) is -3.39. The third kappa shape index (κ3) is 3.98. The van der Waals surface area contributed by atoms with Crippen LogP contribution >= 0.6 is 11.6 Å². The molecule has 1 aromatic rings. The Bertz CT molecular complexity index is 771. The SMILES string of the molecule is O=C1CCC(C(=O)N2CCC(c3ccccc3Cl)S(=O)(=O)CC2)CN1.